The van der Waals surface area contributed by atoms with Crippen molar-refractivity contribution in [3.05, 3.63) is 65.2 Å². The van der Waals surface area contributed by atoms with E-state index in [2.05, 4.69) is 47.6 Å². The highest BCUT2D eigenvalue weighted by atomic mass is 16.2. The molecular weight excluding hydrogens is 364 g/mol. The van der Waals surface area contributed by atoms with Gasteiger partial charge in [-0.3, -0.25) is 4.79 Å². The van der Waals surface area contributed by atoms with Crippen LogP contribution in [0.1, 0.15) is 29.5 Å². The van der Waals surface area contributed by atoms with E-state index in [1.807, 2.05) is 35.2 Å². The Morgan fingerprint density at radius 3 is 2.48 bits per heavy atom. The summed E-state index contributed by atoms with van der Waals surface area (Å²) in [6, 6.07) is 16.2. The molecule has 2 aromatic carbocycles. The van der Waals surface area contributed by atoms with Crippen molar-refractivity contribution in [2.45, 2.75) is 38.8 Å². The maximum Gasteiger partial charge on any atom is 0.317 e. The van der Waals surface area contributed by atoms with Crippen LogP contribution in [0.5, 0.6) is 0 Å². The van der Waals surface area contributed by atoms with Crippen LogP contribution in [0.15, 0.2) is 48.5 Å². The number of piperidine rings is 1. The van der Waals surface area contributed by atoms with E-state index in [1.54, 1.807) is 0 Å². The van der Waals surface area contributed by atoms with Gasteiger partial charge in [0, 0.05) is 25.3 Å². The van der Waals surface area contributed by atoms with E-state index in [0.29, 0.717) is 39.1 Å². The number of benzene rings is 2. The van der Waals surface area contributed by atoms with Crippen LogP contribution in [0.3, 0.4) is 0 Å². The first-order chi connectivity index (χ1) is 14.0. The highest BCUT2D eigenvalue weighted by Gasteiger charge is 2.50. The number of carbonyl (C=O) groups is 2. The number of nitrogens with one attached hydrogen (secondary N) is 2. The SMILES string of the molecule is Cc1ccc(CNC(=O)N2CCC3(CC2)C(=O)NCN3c2ccccc2)cc1C. The van der Waals surface area contributed by atoms with Gasteiger partial charge in [0.1, 0.15) is 5.54 Å². The first-order valence-electron chi connectivity index (χ1n) is 10.2. The average molecular weight is 393 g/mol. The Kier molecular flexibility index (Phi) is 5.18. The Hall–Kier alpha value is -3.02. The van der Waals surface area contributed by atoms with Gasteiger partial charge in [-0.2, -0.15) is 0 Å². The van der Waals surface area contributed by atoms with Crippen molar-refractivity contribution in [2.75, 3.05) is 24.7 Å². The minimum Gasteiger partial charge on any atom is -0.339 e. The molecule has 2 heterocycles. The maximum absolute atomic E-state index is 12.7. The van der Waals surface area contributed by atoms with Gasteiger partial charge >= 0.3 is 6.03 Å². The van der Waals surface area contributed by atoms with Gasteiger partial charge in [-0.25, -0.2) is 4.79 Å². The second kappa shape index (κ2) is 7.78. The summed E-state index contributed by atoms with van der Waals surface area (Å²) in [6.07, 6.45) is 1.26. The fourth-order valence-corrected chi connectivity index (χ4v) is 4.32. The van der Waals surface area contributed by atoms with E-state index >= 15 is 0 Å². The molecule has 2 aromatic rings. The lowest BCUT2D eigenvalue weighted by Crippen LogP contribution is -2.58. The minimum atomic E-state index is -0.563. The lowest BCUT2D eigenvalue weighted by molar-refractivity contribution is -0.124. The van der Waals surface area contributed by atoms with Gasteiger partial charge in [0.05, 0.1) is 6.67 Å². The molecule has 0 unspecified atom stereocenters. The zero-order valence-electron chi connectivity index (χ0n) is 17.1. The molecule has 2 saturated heterocycles. The number of likely N-dealkylation sites (tertiary alicyclic amines) is 1. The van der Waals surface area contributed by atoms with E-state index in [-0.39, 0.29) is 11.9 Å². The molecule has 0 aromatic heterocycles. The normalized spacial score (nSPS) is 18.1. The van der Waals surface area contributed by atoms with Crippen LogP contribution in [-0.2, 0) is 11.3 Å². The third-order valence-corrected chi connectivity index (χ3v) is 6.30. The Labute approximate surface area is 171 Å². The first-order valence-corrected chi connectivity index (χ1v) is 10.2. The number of urea groups is 1. The third-order valence-electron chi connectivity index (χ3n) is 6.30. The van der Waals surface area contributed by atoms with Crippen LogP contribution in [0.25, 0.3) is 0 Å². The lowest BCUT2D eigenvalue weighted by atomic mass is 9.85. The van der Waals surface area contributed by atoms with Crippen molar-refractivity contribution in [3.8, 4) is 0 Å². The number of hydrogen-bond donors (Lipinski definition) is 2. The quantitative estimate of drug-likeness (QED) is 0.844. The van der Waals surface area contributed by atoms with Gasteiger partial charge in [0.15, 0.2) is 0 Å². The smallest absolute Gasteiger partial charge is 0.317 e. The van der Waals surface area contributed by atoms with E-state index < -0.39 is 5.54 Å². The van der Waals surface area contributed by atoms with Crippen molar-refractivity contribution in [1.29, 1.82) is 0 Å². The van der Waals surface area contributed by atoms with Crippen LogP contribution in [0, 0.1) is 13.8 Å². The number of nitrogens with zero attached hydrogens (tertiary/aromatic N) is 2. The van der Waals surface area contributed by atoms with Gasteiger partial charge in [-0.15, -0.1) is 0 Å². The van der Waals surface area contributed by atoms with Crippen LogP contribution in [-0.4, -0.2) is 42.1 Å². The summed E-state index contributed by atoms with van der Waals surface area (Å²) in [6.45, 7) is 6.32. The number of amides is 3. The molecule has 0 radical (unpaired) electrons. The molecule has 29 heavy (non-hydrogen) atoms. The van der Waals surface area contributed by atoms with Crippen LogP contribution < -0.4 is 15.5 Å². The van der Waals surface area contributed by atoms with E-state index in [4.69, 9.17) is 0 Å². The number of hydrogen-bond acceptors (Lipinski definition) is 3. The Balaban J connectivity index is 1.38. The molecule has 2 aliphatic heterocycles. The van der Waals surface area contributed by atoms with Crippen molar-refractivity contribution in [3.63, 3.8) is 0 Å². The molecule has 0 bridgehead atoms. The summed E-state index contributed by atoms with van der Waals surface area (Å²) in [5, 5.41) is 6.02. The summed E-state index contributed by atoms with van der Waals surface area (Å²) in [5.74, 6) is 0.0662. The van der Waals surface area contributed by atoms with Gasteiger partial charge in [-0.05, 0) is 55.5 Å². The van der Waals surface area contributed by atoms with Gasteiger partial charge in [-0.1, -0.05) is 36.4 Å². The third kappa shape index (κ3) is 3.67. The second-order valence-corrected chi connectivity index (χ2v) is 8.02. The largest absolute Gasteiger partial charge is 0.339 e. The highest BCUT2D eigenvalue weighted by molar-refractivity contribution is 5.93. The zero-order chi connectivity index (χ0) is 20.4. The molecule has 0 aliphatic carbocycles. The summed E-state index contributed by atoms with van der Waals surface area (Å²) in [5.41, 5.74) is 4.05. The number of carbonyl (C=O) groups excluding carboxylic acids is 2. The molecule has 4 rings (SSSR count). The summed E-state index contributed by atoms with van der Waals surface area (Å²) < 4.78 is 0. The minimum absolute atomic E-state index is 0.0662. The molecule has 152 valence electrons. The maximum atomic E-state index is 12.7. The summed E-state index contributed by atoms with van der Waals surface area (Å²) in [4.78, 5) is 29.3. The molecule has 1 spiro atoms. The highest BCUT2D eigenvalue weighted by Crippen LogP contribution is 2.36. The predicted octanol–water partition coefficient (Wildman–Crippen LogP) is 2.94. The van der Waals surface area contributed by atoms with Crippen LogP contribution in [0.4, 0.5) is 10.5 Å². The monoisotopic (exact) mass is 392 g/mol. The fourth-order valence-electron chi connectivity index (χ4n) is 4.32. The Morgan fingerprint density at radius 2 is 1.79 bits per heavy atom. The molecule has 6 heteroatoms. The molecule has 3 amide bonds. The van der Waals surface area contributed by atoms with E-state index in [1.165, 1.54) is 11.1 Å². The van der Waals surface area contributed by atoms with Crippen LogP contribution in [0.2, 0.25) is 0 Å². The fraction of sp³-hybridized carbons (Fsp3) is 0.391. The van der Waals surface area contributed by atoms with E-state index in [9.17, 15) is 9.59 Å². The lowest BCUT2D eigenvalue weighted by Gasteiger charge is -2.43. The van der Waals surface area contributed by atoms with Crippen molar-refractivity contribution in [2.24, 2.45) is 0 Å². The summed E-state index contributed by atoms with van der Waals surface area (Å²) in [7, 11) is 0. The molecule has 0 saturated carbocycles. The molecule has 2 N–H and O–H groups in total. The van der Waals surface area contributed by atoms with Gasteiger partial charge < -0.3 is 20.4 Å². The van der Waals surface area contributed by atoms with Crippen LogP contribution >= 0.6 is 0 Å². The Bertz CT molecular complexity index is 904. The van der Waals surface area contributed by atoms with Gasteiger partial charge in [0.25, 0.3) is 0 Å². The second-order valence-electron chi connectivity index (χ2n) is 8.02. The standard InChI is InChI=1S/C23H28N4O2/c1-17-8-9-19(14-18(17)2)15-24-22(29)26-12-10-23(11-13-26)21(28)25-16-27(23)20-6-4-3-5-7-20/h3-9,14H,10-13,15-16H2,1-2H3,(H,24,29)(H,25,28). The topological polar surface area (TPSA) is 64.7 Å². The zero-order valence-corrected chi connectivity index (χ0v) is 17.1. The first kappa shape index (κ1) is 19.3. The van der Waals surface area contributed by atoms with Crippen molar-refractivity contribution < 1.29 is 9.59 Å². The molecule has 2 fully saturated rings. The number of para-hydroxylation sites is 1. The van der Waals surface area contributed by atoms with Gasteiger partial charge in [0.2, 0.25) is 5.91 Å². The number of rotatable bonds is 3. The predicted molar refractivity (Wildman–Crippen MR) is 114 cm³/mol. The molecule has 6 nitrogen and oxygen atoms in total. The average Bonchev–Trinajstić information content (AvgIpc) is 3.05. The van der Waals surface area contributed by atoms with Crippen molar-refractivity contribution in [1.82, 2.24) is 15.5 Å². The van der Waals surface area contributed by atoms with E-state index in [0.717, 1.165) is 11.3 Å². The summed E-state index contributed by atoms with van der Waals surface area (Å²) >= 11 is 0. The van der Waals surface area contributed by atoms with Crippen molar-refractivity contribution >= 4 is 17.6 Å². The number of anilines is 1. The molecular formula is C23H28N4O2. The molecule has 2 aliphatic rings. The Morgan fingerprint density at radius 1 is 1.07 bits per heavy atom. The molecule has 0 atom stereocenters. The number of aryl methyl sites for hydroxylation is 2.